The maximum atomic E-state index is 12.0. The monoisotopic (exact) mass is 306 g/mol. The number of rotatable bonds is 12. The van der Waals surface area contributed by atoms with Crippen molar-refractivity contribution >= 4 is 18.6 Å². The Labute approximate surface area is 110 Å². The zero-order chi connectivity index (χ0) is 13.9. The van der Waals surface area contributed by atoms with E-state index in [9.17, 15) is 21.1 Å². The van der Waals surface area contributed by atoms with Crippen molar-refractivity contribution in [3.63, 3.8) is 0 Å². The highest BCUT2D eigenvalue weighted by Gasteiger charge is 2.35. The van der Waals surface area contributed by atoms with Crippen molar-refractivity contribution in [2.24, 2.45) is 0 Å². The van der Waals surface area contributed by atoms with Gasteiger partial charge in [0.2, 0.25) is 6.43 Å². The summed E-state index contributed by atoms with van der Waals surface area (Å²) in [6, 6.07) is 1.72. The van der Waals surface area contributed by atoms with E-state index in [-0.39, 0.29) is 15.9 Å². The first-order valence-electron chi connectivity index (χ1n) is 6.77. The number of hydrogen-bond donors (Lipinski definition) is 0. The Morgan fingerprint density at radius 1 is 0.778 bits per heavy atom. The first-order chi connectivity index (χ1) is 8.42. The molecule has 0 aliphatic rings. The molecule has 0 nitrogen and oxygen atoms in total. The lowest BCUT2D eigenvalue weighted by Gasteiger charge is -2.03. The molecule has 0 aromatic heterocycles. The zero-order valence-electron chi connectivity index (χ0n) is 10.7. The molecular weight excluding hydrogens is 283 g/mol. The smallest absolute Gasteiger partial charge is 0.238 e. The second-order valence-electron chi connectivity index (χ2n) is 4.73. The van der Waals surface area contributed by atoms with Gasteiger partial charge in [-0.15, -0.1) is 0 Å². The summed E-state index contributed by atoms with van der Waals surface area (Å²) in [5, 5.41) is 0. The minimum Gasteiger partial charge on any atom is -0.238 e. The zero-order valence-corrected chi connectivity index (χ0v) is 13.2. The first kappa shape index (κ1) is 18.1. The van der Waals surface area contributed by atoms with Crippen molar-refractivity contribution in [1.29, 1.82) is 0 Å². The SMILES string of the molecule is FC(F)CCCC[SiH2]CCCCCC[Si](F)(F)F. The molecule has 0 spiro atoms. The van der Waals surface area contributed by atoms with Crippen LogP contribution in [0.25, 0.3) is 0 Å². The third-order valence-electron chi connectivity index (χ3n) is 2.88. The maximum absolute atomic E-state index is 12.0. The Bertz CT molecular complexity index is 185. The molecule has 0 aromatic carbocycles. The van der Waals surface area contributed by atoms with E-state index < -0.39 is 21.5 Å². The fourth-order valence-corrected chi connectivity index (χ4v) is 4.28. The highest BCUT2D eigenvalue weighted by Crippen LogP contribution is 2.19. The van der Waals surface area contributed by atoms with Crippen molar-refractivity contribution in [1.82, 2.24) is 0 Å². The molecule has 0 amide bonds. The lowest BCUT2D eigenvalue weighted by Crippen LogP contribution is -2.13. The van der Waals surface area contributed by atoms with E-state index in [1.807, 2.05) is 0 Å². The van der Waals surface area contributed by atoms with Gasteiger partial charge in [-0.3, -0.25) is 0 Å². The molecule has 0 unspecified atom stereocenters. The average Bonchev–Trinajstić information content (AvgIpc) is 2.24. The summed E-state index contributed by atoms with van der Waals surface area (Å²) in [5.74, 6) is 0. The summed E-state index contributed by atoms with van der Waals surface area (Å²) in [6.45, 7) is 0. The van der Waals surface area contributed by atoms with Gasteiger partial charge in [-0.2, -0.15) is 0 Å². The number of hydrogen-bond acceptors (Lipinski definition) is 0. The molecule has 0 saturated heterocycles. The maximum Gasteiger partial charge on any atom is 0.616 e. The first-order valence-corrected chi connectivity index (χ1v) is 10.6. The van der Waals surface area contributed by atoms with E-state index in [0.717, 1.165) is 31.4 Å². The Hall–Kier alpha value is 0.0838. The number of halogens is 5. The Morgan fingerprint density at radius 2 is 1.33 bits per heavy atom. The lowest BCUT2D eigenvalue weighted by molar-refractivity contribution is 0.134. The van der Waals surface area contributed by atoms with E-state index in [1.54, 1.807) is 0 Å². The molecule has 0 aliphatic carbocycles. The predicted molar refractivity (Wildman–Crippen MR) is 70.4 cm³/mol. The van der Waals surface area contributed by atoms with Gasteiger partial charge in [-0.05, 0) is 12.8 Å². The van der Waals surface area contributed by atoms with Crippen LogP contribution in [0.1, 0.15) is 44.9 Å². The van der Waals surface area contributed by atoms with Crippen molar-refractivity contribution in [2.75, 3.05) is 0 Å². The second-order valence-corrected chi connectivity index (χ2v) is 8.58. The van der Waals surface area contributed by atoms with Crippen LogP contribution in [0.5, 0.6) is 0 Å². The summed E-state index contributed by atoms with van der Waals surface area (Å²) in [7, 11) is -5.46. The lowest BCUT2D eigenvalue weighted by atomic mass is 10.2. The quantitative estimate of drug-likeness (QED) is 0.209. The molecule has 18 heavy (non-hydrogen) atoms. The van der Waals surface area contributed by atoms with Crippen LogP contribution >= 0.6 is 0 Å². The van der Waals surface area contributed by atoms with Gasteiger partial charge in [0.15, 0.2) is 0 Å². The minimum absolute atomic E-state index is 0.00965. The molecule has 0 fully saturated rings. The van der Waals surface area contributed by atoms with Gasteiger partial charge >= 0.3 is 9.08 Å². The standard InChI is InChI=1S/C11H23F5Si2/c12-11(13)7-3-5-9-17-8-4-1-2-6-10-18(14,15)16/h11H,1-10,17H2. The molecule has 0 bridgehead atoms. The molecule has 110 valence electrons. The molecule has 0 radical (unpaired) electrons. The number of alkyl halides is 2. The van der Waals surface area contributed by atoms with Crippen LogP contribution in [-0.2, 0) is 0 Å². The van der Waals surface area contributed by atoms with Crippen molar-refractivity contribution in [3.8, 4) is 0 Å². The fourth-order valence-electron chi connectivity index (χ4n) is 1.86. The van der Waals surface area contributed by atoms with Gasteiger partial charge in [0.25, 0.3) is 0 Å². The Morgan fingerprint density at radius 3 is 1.89 bits per heavy atom. The predicted octanol–water partition coefficient (Wildman–Crippen LogP) is 4.84. The van der Waals surface area contributed by atoms with Gasteiger partial charge in [-0.25, -0.2) is 21.1 Å². The van der Waals surface area contributed by atoms with Crippen molar-refractivity contribution < 1.29 is 21.1 Å². The molecule has 7 heteroatoms. The van der Waals surface area contributed by atoms with Gasteiger partial charge in [0.1, 0.15) is 0 Å². The summed E-state index contributed by atoms with van der Waals surface area (Å²) in [5.41, 5.74) is 0. The molecular formula is C11H23F5Si2. The second kappa shape index (κ2) is 11.0. The summed E-state index contributed by atoms with van der Waals surface area (Å²) < 4.78 is 59.5. The van der Waals surface area contributed by atoms with Crippen molar-refractivity contribution in [3.05, 3.63) is 0 Å². The summed E-state index contributed by atoms with van der Waals surface area (Å²) in [6.07, 6.45) is 2.25. The molecule has 0 aromatic rings. The van der Waals surface area contributed by atoms with E-state index >= 15 is 0 Å². The fraction of sp³-hybridized carbons (Fsp3) is 1.00. The van der Waals surface area contributed by atoms with Gasteiger partial charge in [0, 0.05) is 22.0 Å². The van der Waals surface area contributed by atoms with Crippen LogP contribution in [0.2, 0.25) is 18.1 Å². The molecule has 0 rings (SSSR count). The van der Waals surface area contributed by atoms with E-state index in [0.29, 0.717) is 19.3 Å². The largest absolute Gasteiger partial charge is 0.616 e. The Kier molecular flexibility index (Phi) is 11.0. The van der Waals surface area contributed by atoms with E-state index in [2.05, 4.69) is 0 Å². The van der Waals surface area contributed by atoms with Crippen LogP contribution in [0, 0.1) is 0 Å². The van der Waals surface area contributed by atoms with E-state index in [1.165, 1.54) is 0 Å². The van der Waals surface area contributed by atoms with Crippen LogP contribution in [0.4, 0.5) is 21.1 Å². The van der Waals surface area contributed by atoms with Crippen LogP contribution in [0.3, 0.4) is 0 Å². The van der Waals surface area contributed by atoms with Gasteiger partial charge in [0.05, 0.1) is 0 Å². The van der Waals surface area contributed by atoms with E-state index in [4.69, 9.17) is 0 Å². The van der Waals surface area contributed by atoms with Crippen LogP contribution < -0.4 is 0 Å². The molecule has 0 N–H and O–H groups in total. The highest BCUT2D eigenvalue weighted by atomic mass is 28.5. The van der Waals surface area contributed by atoms with Crippen LogP contribution in [0.15, 0.2) is 0 Å². The Balaban J connectivity index is 3.04. The minimum atomic E-state index is -5.31. The number of unbranched alkanes of at least 4 members (excludes halogenated alkanes) is 4. The molecule has 0 atom stereocenters. The molecule has 0 heterocycles. The summed E-state index contributed by atoms with van der Waals surface area (Å²) in [4.78, 5) is 0. The average molecular weight is 306 g/mol. The summed E-state index contributed by atoms with van der Waals surface area (Å²) >= 11 is 0. The topological polar surface area (TPSA) is 0 Å². The van der Waals surface area contributed by atoms with Crippen molar-refractivity contribution in [2.45, 2.75) is 69.5 Å². The normalized spacial score (nSPS) is 13.0. The molecule has 0 aliphatic heterocycles. The third kappa shape index (κ3) is 16.1. The molecule has 0 saturated carbocycles. The van der Waals surface area contributed by atoms with Crippen LogP contribution in [-0.4, -0.2) is 25.0 Å². The third-order valence-corrected chi connectivity index (χ3v) is 5.80. The van der Waals surface area contributed by atoms with Gasteiger partial charge in [-0.1, -0.05) is 37.8 Å². The highest BCUT2D eigenvalue weighted by molar-refractivity contribution is 6.58. The van der Waals surface area contributed by atoms with Gasteiger partial charge < -0.3 is 0 Å².